The Morgan fingerprint density at radius 2 is 1.84 bits per heavy atom. The van der Waals surface area contributed by atoms with Crippen LogP contribution < -0.4 is 5.73 Å². The number of phenolic OH excluding ortho intramolecular Hbond substituents is 1. The fourth-order valence-electron chi connectivity index (χ4n) is 1.85. The molecular weight excluding hydrogens is 240 g/mol. The van der Waals surface area contributed by atoms with Crippen molar-refractivity contribution < 1.29 is 5.11 Å². The van der Waals surface area contributed by atoms with E-state index in [4.69, 9.17) is 5.73 Å². The van der Waals surface area contributed by atoms with Crippen LogP contribution in [0.5, 0.6) is 5.75 Å². The third-order valence-corrected chi connectivity index (χ3v) is 2.79. The van der Waals surface area contributed by atoms with Crippen LogP contribution in [0.3, 0.4) is 0 Å². The Balaban J connectivity index is 2.02. The van der Waals surface area contributed by atoms with Crippen LogP contribution in [0, 0.1) is 0 Å². The lowest BCUT2D eigenvalue weighted by Gasteiger charge is -2.01. The van der Waals surface area contributed by atoms with Gasteiger partial charge in [-0.15, -0.1) is 0 Å². The lowest BCUT2D eigenvalue weighted by molar-refractivity contribution is 0.477. The Kier molecular flexibility index (Phi) is 2.64. The molecular formula is C14H12N4O. The number of H-pyrrole nitrogens is 1. The molecule has 3 aromatic rings. The first-order chi connectivity index (χ1) is 9.24. The minimum atomic E-state index is 0.0794. The van der Waals surface area contributed by atoms with Gasteiger partial charge in [-0.2, -0.15) is 5.10 Å². The summed E-state index contributed by atoms with van der Waals surface area (Å²) in [5.41, 5.74) is 7.59. The second-order valence-corrected chi connectivity index (χ2v) is 4.15. The molecule has 19 heavy (non-hydrogen) atoms. The molecule has 0 saturated carbocycles. The van der Waals surface area contributed by atoms with E-state index in [0.29, 0.717) is 22.9 Å². The van der Waals surface area contributed by atoms with Gasteiger partial charge < -0.3 is 10.8 Å². The van der Waals surface area contributed by atoms with Crippen molar-refractivity contribution in [2.75, 3.05) is 5.73 Å². The highest BCUT2D eigenvalue weighted by Gasteiger charge is 2.10. The Labute approximate surface area is 109 Å². The molecule has 0 unspecified atom stereocenters. The molecule has 1 heterocycles. The van der Waals surface area contributed by atoms with Crippen molar-refractivity contribution in [3.8, 4) is 28.5 Å². The van der Waals surface area contributed by atoms with E-state index < -0.39 is 0 Å². The van der Waals surface area contributed by atoms with Gasteiger partial charge in [-0.1, -0.05) is 30.3 Å². The first-order valence-corrected chi connectivity index (χ1v) is 5.81. The normalized spacial score (nSPS) is 10.5. The molecule has 1 aromatic heterocycles. The summed E-state index contributed by atoms with van der Waals surface area (Å²) in [5.74, 6) is 1.18. The average molecular weight is 252 g/mol. The zero-order valence-corrected chi connectivity index (χ0v) is 10.0. The fourth-order valence-corrected chi connectivity index (χ4v) is 1.85. The van der Waals surface area contributed by atoms with E-state index in [2.05, 4.69) is 15.2 Å². The maximum Gasteiger partial charge on any atom is 0.181 e. The lowest BCUT2D eigenvalue weighted by Crippen LogP contribution is -1.87. The molecule has 0 atom stereocenters. The smallest absolute Gasteiger partial charge is 0.181 e. The molecule has 0 aliphatic rings. The molecule has 0 fully saturated rings. The van der Waals surface area contributed by atoms with Crippen LogP contribution in [-0.4, -0.2) is 20.3 Å². The average Bonchev–Trinajstić information content (AvgIpc) is 2.89. The predicted molar refractivity (Wildman–Crippen MR) is 73.3 cm³/mol. The molecule has 0 radical (unpaired) electrons. The molecule has 94 valence electrons. The van der Waals surface area contributed by atoms with E-state index in [1.807, 2.05) is 30.3 Å². The maximum absolute atomic E-state index is 9.86. The van der Waals surface area contributed by atoms with Crippen LogP contribution in [0.4, 0.5) is 5.69 Å². The third kappa shape index (κ3) is 2.13. The summed E-state index contributed by atoms with van der Waals surface area (Å²) in [6, 6.07) is 14.5. The van der Waals surface area contributed by atoms with Crippen molar-refractivity contribution in [3.05, 3.63) is 48.5 Å². The van der Waals surface area contributed by atoms with Gasteiger partial charge in [0, 0.05) is 17.3 Å². The van der Waals surface area contributed by atoms with E-state index in [-0.39, 0.29) is 5.75 Å². The van der Waals surface area contributed by atoms with Crippen LogP contribution in [0.15, 0.2) is 48.5 Å². The minimum Gasteiger partial charge on any atom is -0.507 e. The largest absolute Gasteiger partial charge is 0.507 e. The molecule has 0 spiro atoms. The number of aromatic hydroxyl groups is 1. The number of aromatic amines is 1. The van der Waals surface area contributed by atoms with Crippen LogP contribution >= 0.6 is 0 Å². The number of nitrogens with zero attached hydrogens (tertiary/aromatic N) is 2. The van der Waals surface area contributed by atoms with Gasteiger partial charge in [-0.3, -0.25) is 5.10 Å². The van der Waals surface area contributed by atoms with E-state index in [0.717, 1.165) is 5.56 Å². The zero-order chi connectivity index (χ0) is 13.2. The number of anilines is 1. The van der Waals surface area contributed by atoms with Crippen LogP contribution in [0.2, 0.25) is 0 Å². The third-order valence-electron chi connectivity index (χ3n) is 2.79. The van der Waals surface area contributed by atoms with E-state index >= 15 is 0 Å². The molecule has 0 bridgehead atoms. The van der Waals surface area contributed by atoms with Crippen molar-refractivity contribution in [2.45, 2.75) is 0 Å². The van der Waals surface area contributed by atoms with Crippen LogP contribution in [-0.2, 0) is 0 Å². The van der Waals surface area contributed by atoms with Crippen LogP contribution in [0.1, 0.15) is 0 Å². The van der Waals surface area contributed by atoms with Gasteiger partial charge in [-0.25, -0.2) is 4.98 Å². The van der Waals surface area contributed by atoms with Crippen molar-refractivity contribution in [1.82, 2.24) is 15.2 Å². The summed E-state index contributed by atoms with van der Waals surface area (Å²) in [6.07, 6.45) is 0. The number of nitrogen functional groups attached to an aromatic ring is 1. The maximum atomic E-state index is 9.86. The number of rotatable bonds is 2. The van der Waals surface area contributed by atoms with Gasteiger partial charge in [-0.05, 0) is 12.1 Å². The summed E-state index contributed by atoms with van der Waals surface area (Å²) in [7, 11) is 0. The first kappa shape index (κ1) is 11.3. The van der Waals surface area contributed by atoms with Crippen LogP contribution in [0.25, 0.3) is 22.8 Å². The number of phenols is 1. The number of hydrogen-bond acceptors (Lipinski definition) is 4. The molecule has 5 nitrogen and oxygen atoms in total. The summed E-state index contributed by atoms with van der Waals surface area (Å²) in [5, 5.41) is 16.8. The van der Waals surface area contributed by atoms with Crippen molar-refractivity contribution in [2.24, 2.45) is 0 Å². The summed E-state index contributed by atoms with van der Waals surface area (Å²) in [4.78, 5) is 4.37. The number of aromatic nitrogens is 3. The number of nitrogens with two attached hydrogens (primary N) is 1. The Hall–Kier alpha value is -2.82. The van der Waals surface area contributed by atoms with Crippen molar-refractivity contribution in [1.29, 1.82) is 0 Å². The van der Waals surface area contributed by atoms with Crippen molar-refractivity contribution >= 4 is 5.69 Å². The lowest BCUT2D eigenvalue weighted by atomic mass is 10.1. The molecule has 5 heteroatoms. The highest BCUT2D eigenvalue weighted by molar-refractivity contribution is 5.69. The van der Waals surface area contributed by atoms with Gasteiger partial charge in [0.25, 0.3) is 0 Å². The second-order valence-electron chi connectivity index (χ2n) is 4.15. The summed E-state index contributed by atoms with van der Waals surface area (Å²) in [6.45, 7) is 0. The first-order valence-electron chi connectivity index (χ1n) is 5.81. The van der Waals surface area contributed by atoms with E-state index in [1.165, 1.54) is 6.07 Å². The Morgan fingerprint density at radius 1 is 1.05 bits per heavy atom. The van der Waals surface area contributed by atoms with Gasteiger partial charge in [0.05, 0.1) is 5.56 Å². The quantitative estimate of drug-likeness (QED) is 0.611. The monoisotopic (exact) mass is 252 g/mol. The number of hydrogen-bond donors (Lipinski definition) is 3. The predicted octanol–water partition coefficient (Wildman–Crippen LogP) is 2.43. The Bertz CT molecular complexity index is 706. The Morgan fingerprint density at radius 3 is 2.58 bits per heavy atom. The highest BCUT2D eigenvalue weighted by Crippen LogP contribution is 2.29. The molecule has 0 amide bonds. The highest BCUT2D eigenvalue weighted by atomic mass is 16.3. The van der Waals surface area contributed by atoms with Gasteiger partial charge in [0.15, 0.2) is 11.6 Å². The van der Waals surface area contributed by atoms with Gasteiger partial charge >= 0.3 is 0 Å². The summed E-state index contributed by atoms with van der Waals surface area (Å²) < 4.78 is 0. The van der Waals surface area contributed by atoms with E-state index in [1.54, 1.807) is 12.1 Å². The zero-order valence-electron chi connectivity index (χ0n) is 10.0. The second kappa shape index (κ2) is 4.45. The van der Waals surface area contributed by atoms with Crippen molar-refractivity contribution in [3.63, 3.8) is 0 Å². The molecule has 2 aromatic carbocycles. The molecule has 4 N–H and O–H groups in total. The van der Waals surface area contributed by atoms with E-state index in [9.17, 15) is 5.11 Å². The van der Waals surface area contributed by atoms with Gasteiger partial charge in [0.2, 0.25) is 0 Å². The van der Waals surface area contributed by atoms with Gasteiger partial charge in [0.1, 0.15) is 5.75 Å². The molecule has 0 saturated heterocycles. The SMILES string of the molecule is Nc1ccc(-c2nc(-c3ccccc3)n[nH]2)c(O)c1. The molecule has 0 aliphatic carbocycles. The molecule has 0 aliphatic heterocycles. The summed E-state index contributed by atoms with van der Waals surface area (Å²) >= 11 is 0. The molecule has 3 rings (SSSR count). The minimum absolute atomic E-state index is 0.0794. The standard InChI is InChI=1S/C14H12N4O/c15-10-6-7-11(12(19)8-10)14-16-13(17-18-14)9-4-2-1-3-5-9/h1-8,19H,15H2,(H,16,17,18). The number of benzene rings is 2. The fraction of sp³-hybridized carbons (Fsp3) is 0. The topological polar surface area (TPSA) is 87.8 Å². The number of nitrogens with one attached hydrogen (secondary N) is 1.